The Balaban J connectivity index is 0.00000289. The van der Waals surface area contributed by atoms with Crippen molar-refractivity contribution in [2.24, 2.45) is 4.99 Å². The first kappa shape index (κ1) is 17.6. The third-order valence-electron chi connectivity index (χ3n) is 2.22. The summed E-state index contributed by atoms with van der Waals surface area (Å²) in [7, 11) is 1.79. The van der Waals surface area contributed by atoms with Crippen molar-refractivity contribution in [1.29, 1.82) is 0 Å². The number of hydrogen-bond acceptors (Lipinski definition) is 3. The molecule has 1 heterocycles. The van der Waals surface area contributed by atoms with Crippen LogP contribution in [0.3, 0.4) is 0 Å². The number of guanidine groups is 1. The Labute approximate surface area is 131 Å². The fourth-order valence-corrected chi connectivity index (χ4v) is 2.18. The van der Waals surface area contributed by atoms with Crippen molar-refractivity contribution < 1.29 is 0 Å². The van der Waals surface area contributed by atoms with Gasteiger partial charge in [-0.15, -0.1) is 35.3 Å². The molecule has 0 aliphatic heterocycles. The van der Waals surface area contributed by atoms with Crippen molar-refractivity contribution in [3.8, 4) is 0 Å². The molecule has 0 aliphatic rings. The summed E-state index contributed by atoms with van der Waals surface area (Å²) in [4.78, 5) is 8.69. The Kier molecular flexibility index (Phi) is 9.35. The van der Waals surface area contributed by atoms with Crippen molar-refractivity contribution in [1.82, 2.24) is 15.6 Å². The van der Waals surface area contributed by atoms with Crippen molar-refractivity contribution in [2.45, 2.75) is 39.7 Å². The SMILES string of the molecule is CCc1nc(CCNC(=NC)NC(C)C)cs1.I. The molecule has 2 N–H and O–H groups in total. The Hall–Kier alpha value is -0.370. The molecule has 0 aliphatic carbocycles. The van der Waals surface area contributed by atoms with E-state index >= 15 is 0 Å². The Morgan fingerprint density at radius 3 is 2.72 bits per heavy atom. The van der Waals surface area contributed by atoms with Crippen LogP contribution in [-0.2, 0) is 12.8 Å². The summed E-state index contributed by atoms with van der Waals surface area (Å²) >= 11 is 1.74. The molecule has 0 fully saturated rings. The summed E-state index contributed by atoms with van der Waals surface area (Å²) in [6.07, 6.45) is 1.96. The average Bonchev–Trinajstić information content (AvgIpc) is 2.75. The number of nitrogens with zero attached hydrogens (tertiary/aromatic N) is 2. The van der Waals surface area contributed by atoms with Gasteiger partial charge in [0.2, 0.25) is 0 Å². The molecular formula is C12H23IN4S. The second kappa shape index (κ2) is 9.55. The summed E-state index contributed by atoms with van der Waals surface area (Å²) in [5.41, 5.74) is 1.17. The predicted octanol–water partition coefficient (Wildman–Crippen LogP) is 2.44. The van der Waals surface area contributed by atoms with Crippen molar-refractivity contribution >= 4 is 41.3 Å². The van der Waals surface area contributed by atoms with Crippen LogP contribution in [0.5, 0.6) is 0 Å². The summed E-state index contributed by atoms with van der Waals surface area (Å²) in [6.45, 7) is 7.19. The molecule has 1 rings (SSSR count). The molecule has 104 valence electrons. The van der Waals surface area contributed by atoms with E-state index in [1.54, 1.807) is 18.4 Å². The molecule has 4 nitrogen and oxygen atoms in total. The van der Waals surface area contributed by atoms with Crippen LogP contribution in [0.1, 0.15) is 31.5 Å². The lowest BCUT2D eigenvalue weighted by molar-refractivity contribution is 0.696. The highest BCUT2D eigenvalue weighted by atomic mass is 127. The molecule has 0 unspecified atom stereocenters. The summed E-state index contributed by atoms with van der Waals surface area (Å²) in [5, 5.41) is 9.88. The van der Waals surface area contributed by atoms with E-state index in [-0.39, 0.29) is 24.0 Å². The van der Waals surface area contributed by atoms with Crippen molar-refractivity contribution in [3.05, 3.63) is 16.1 Å². The minimum Gasteiger partial charge on any atom is -0.356 e. The molecule has 0 bridgehead atoms. The number of nitrogens with one attached hydrogen (secondary N) is 2. The van der Waals surface area contributed by atoms with Gasteiger partial charge in [0.05, 0.1) is 10.7 Å². The molecule has 0 saturated heterocycles. The molecule has 0 spiro atoms. The highest BCUT2D eigenvalue weighted by molar-refractivity contribution is 14.0. The maximum absolute atomic E-state index is 4.53. The molecule has 18 heavy (non-hydrogen) atoms. The molecule has 1 aromatic rings. The third kappa shape index (κ3) is 6.53. The number of halogens is 1. The topological polar surface area (TPSA) is 49.3 Å². The molecule has 0 atom stereocenters. The number of aryl methyl sites for hydroxylation is 1. The van der Waals surface area contributed by atoms with Gasteiger partial charge in [0.25, 0.3) is 0 Å². The maximum Gasteiger partial charge on any atom is 0.191 e. The highest BCUT2D eigenvalue weighted by Gasteiger charge is 2.02. The zero-order chi connectivity index (χ0) is 12.7. The standard InChI is InChI=1S/C12H22N4S.HI/c1-5-11-16-10(8-17-11)6-7-14-12(13-4)15-9(2)3;/h8-9H,5-7H2,1-4H3,(H2,13,14,15);1H. The molecule has 0 radical (unpaired) electrons. The van der Waals surface area contributed by atoms with Gasteiger partial charge in [0.15, 0.2) is 5.96 Å². The zero-order valence-electron chi connectivity index (χ0n) is 11.5. The molecule has 0 saturated carbocycles. The van der Waals surface area contributed by atoms with E-state index in [9.17, 15) is 0 Å². The monoisotopic (exact) mass is 382 g/mol. The lowest BCUT2D eigenvalue weighted by Crippen LogP contribution is -2.41. The minimum absolute atomic E-state index is 0. The fourth-order valence-electron chi connectivity index (χ4n) is 1.40. The van der Waals surface area contributed by atoms with Crippen molar-refractivity contribution in [3.63, 3.8) is 0 Å². The second-order valence-electron chi connectivity index (χ2n) is 4.13. The van der Waals surface area contributed by atoms with Crippen LogP contribution in [0.4, 0.5) is 0 Å². The van der Waals surface area contributed by atoms with Gasteiger partial charge in [-0.3, -0.25) is 4.99 Å². The summed E-state index contributed by atoms with van der Waals surface area (Å²) < 4.78 is 0. The molecule has 0 amide bonds. The molecule has 0 aromatic carbocycles. The van der Waals surface area contributed by atoms with Gasteiger partial charge in [-0.1, -0.05) is 6.92 Å². The van der Waals surface area contributed by atoms with Crippen LogP contribution >= 0.6 is 35.3 Å². The number of aliphatic imine (C=N–C) groups is 1. The maximum atomic E-state index is 4.53. The number of aromatic nitrogens is 1. The molecule has 1 aromatic heterocycles. The van der Waals surface area contributed by atoms with Crippen LogP contribution < -0.4 is 10.6 Å². The van der Waals surface area contributed by atoms with E-state index < -0.39 is 0 Å². The van der Waals surface area contributed by atoms with Crippen LogP contribution in [0, 0.1) is 0 Å². The van der Waals surface area contributed by atoms with Gasteiger partial charge in [-0.25, -0.2) is 4.98 Å². The Morgan fingerprint density at radius 2 is 2.22 bits per heavy atom. The van der Waals surface area contributed by atoms with E-state index in [2.05, 4.69) is 46.8 Å². The first-order chi connectivity index (χ1) is 8.15. The molecular weight excluding hydrogens is 359 g/mol. The smallest absolute Gasteiger partial charge is 0.191 e. The van der Waals surface area contributed by atoms with Crippen LogP contribution in [-0.4, -0.2) is 30.6 Å². The van der Waals surface area contributed by atoms with Gasteiger partial charge < -0.3 is 10.6 Å². The van der Waals surface area contributed by atoms with Gasteiger partial charge in [0, 0.05) is 31.4 Å². The quantitative estimate of drug-likeness (QED) is 0.467. The van der Waals surface area contributed by atoms with E-state index in [0.29, 0.717) is 6.04 Å². The summed E-state index contributed by atoms with van der Waals surface area (Å²) in [6, 6.07) is 0.396. The normalized spacial score (nSPS) is 11.3. The largest absolute Gasteiger partial charge is 0.356 e. The molecule has 6 heteroatoms. The number of rotatable bonds is 5. The average molecular weight is 382 g/mol. The number of thiazole rings is 1. The van der Waals surface area contributed by atoms with E-state index in [0.717, 1.165) is 25.3 Å². The van der Waals surface area contributed by atoms with Gasteiger partial charge in [0.1, 0.15) is 0 Å². The van der Waals surface area contributed by atoms with E-state index in [1.807, 2.05) is 0 Å². The van der Waals surface area contributed by atoms with Crippen molar-refractivity contribution in [2.75, 3.05) is 13.6 Å². The first-order valence-corrected chi connectivity index (χ1v) is 6.94. The lowest BCUT2D eigenvalue weighted by atomic mass is 10.3. The zero-order valence-corrected chi connectivity index (χ0v) is 14.6. The Morgan fingerprint density at radius 1 is 1.50 bits per heavy atom. The Bertz CT molecular complexity index is 363. The van der Waals surface area contributed by atoms with Crippen LogP contribution in [0.2, 0.25) is 0 Å². The summed E-state index contributed by atoms with van der Waals surface area (Å²) in [5.74, 6) is 0.853. The second-order valence-corrected chi connectivity index (χ2v) is 5.08. The van der Waals surface area contributed by atoms with E-state index in [4.69, 9.17) is 0 Å². The first-order valence-electron chi connectivity index (χ1n) is 6.06. The van der Waals surface area contributed by atoms with Gasteiger partial charge >= 0.3 is 0 Å². The van der Waals surface area contributed by atoms with Crippen LogP contribution in [0.15, 0.2) is 10.4 Å². The third-order valence-corrected chi connectivity index (χ3v) is 3.27. The van der Waals surface area contributed by atoms with Crippen LogP contribution in [0.25, 0.3) is 0 Å². The van der Waals surface area contributed by atoms with Gasteiger partial charge in [-0.2, -0.15) is 0 Å². The van der Waals surface area contributed by atoms with Gasteiger partial charge in [-0.05, 0) is 20.3 Å². The van der Waals surface area contributed by atoms with E-state index in [1.165, 1.54) is 10.7 Å². The minimum atomic E-state index is 0. The fraction of sp³-hybridized carbons (Fsp3) is 0.667. The predicted molar refractivity (Wildman–Crippen MR) is 90.2 cm³/mol. The number of hydrogen-bond donors (Lipinski definition) is 2. The lowest BCUT2D eigenvalue weighted by Gasteiger charge is -2.13. The highest BCUT2D eigenvalue weighted by Crippen LogP contribution is 2.09.